The van der Waals surface area contributed by atoms with E-state index in [0.717, 1.165) is 10.5 Å². The standard InChI is InChI=1S/C13H14N2O3S/c1-8-5-10(18-12(8)13(17)15-14)7-19-11-4-2-3-9(16)6-11/h2-6,16H,7,14H2,1H3,(H,15,17). The molecule has 100 valence electrons. The van der Waals surface area contributed by atoms with Crippen LogP contribution in [0.1, 0.15) is 21.9 Å². The number of hydrogen-bond donors (Lipinski definition) is 3. The van der Waals surface area contributed by atoms with E-state index >= 15 is 0 Å². The molecule has 0 bridgehead atoms. The summed E-state index contributed by atoms with van der Waals surface area (Å²) >= 11 is 1.51. The van der Waals surface area contributed by atoms with Gasteiger partial charge in [0.1, 0.15) is 11.5 Å². The molecule has 2 rings (SSSR count). The molecule has 0 unspecified atom stereocenters. The highest BCUT2D eigenvalue weighted by atomic mass is 32.2. The number of aryl methyl sites for hydroxylation is 1. The predicted molar refractivity (Wildman–Crippen MR) is 72.8 cm³/mol. The minimum atomic E-state index is -0.439. The average molecular weight is 278 g/mol. The molecule has 0 saturated carbocycles. The normalized spacial score (nSPS) is 10.4. The average Bonchev–Trinajstić information content (AvgIpc) is 2.77. The van der Waals surface area contributed by atoms with Crippen LogP contribution in [0.15, 0.2) is 39.6 Å². The number of rotatable bonds is 4. The van der Waals surface area contributed by atoms with E-state index in [1.807, 2.05) is 11.5 Å². The second-order valence-corrected chi connectivity index (χ2v) is 5.03. The van der Waals surface area contributed by atoms with Crippen LogP contribution in [-0.4, -0.2) is 11.0 Å². The fraction of sp³-hybridized carbons (Fsp3) is 0.154. The smallest absolute Gasteiger partial charge is 0.301 e. The van der Waals surface area contributed by atoms with Gasteiger partial charge in [0.2, 0.25) is 0 Å². The Kier molecular flexibility index (Phi) is 4.13. The number of thioether (sulfide) groups is 1. The second-order valence-electron chi connectivity index (χ2n) is 3.98. The maximum Gasteiger partial charge on any atom is 0.301 e. The molecule has 0 atom stereocenters. The number of aromatic hydroxyl groups is 1. The fourth-order valence-corrected chi connectivity index (χ4v) is 2.47. The van der Waals surface area contributed by atoms with Gasteiger partial charge >= 0.3 is 5.91 Å². The number of carbonyl (C=O) groups is 1. The zero-order chi connectivity index (χ0) is 13.8. The molecule has 0 spiro atoms. The van der Waals surface area contributed by atoms with E-state index in [2.05, 4.69) is 0 Å². The minimum Gasteiger partial charge on any atom is -0.508 e. The number of hydrogen-bond acceptors (Lipinski definition) is 5. The van der Waals surface area contributed by atoms with Crippen molar-refractivity contribution in [2.75, 3.05) is 0 Å². The zero-order valence-corrected chi connectivity index (χ0v) is 11.2. The number of phenols is 1. The van der Waals surface area contributed by atoms with Crippen LogP contribution in [0, 0.1) is 6.92 Å². The molecule has 2 aromatic rings. The van der Waals surface area contributed by atoms with Crippen molar-refractivity contribution in [1.29, 1.82) is 0 Å². The molecule has 1 amide bonds. The Morgan fingerprint density at radius 3 is 2.95 bits per heavy atom. The van der Waals surface area contributed by atoms with Crippen molar-refractivity contribution in [2.45, 2.75) is 17.6 Å². The molecule has 4 N–H and O–H groups in total. The molecule has 1 heterocycles. The van der Waals surface area contributed by atoms with Gasteiger partial charge in [-0.1, -0.05) is 6.07 Å². The molecule has 0 fully saturated rings. The van der Waals surface area contributed by atoms with Crippen LogP contribution in [0.3, 0.4) is 0 Å². The first-order chi connectivity index (χ1) is 9.10. The van der Waals surface area contributed by atoms with Crippen molar-refractivity contribution in [3.8, 4) is 5.75 Å². The van der Waals surface area contributed by atoms with E-state index in [9.17, 15) is 9.90 Å². The molecular formula is C13H14N2O3S. The molecule has 6 heteroatoms. The third kappa shape index (κ3) is 3.30. The van der Waals surface area contributed by atoms with Crippen LogP contribution >= 0.6 is 11.8 Å². The van der Waals surface area contributed by atoms with Crippen molar-refractivity contribution < 1.29 is 14.3 Å². The Morgan fingerprint density at radius 1 is 1.47 bits per heavy atom. The lowest BCUT2D eigenvalue weighted by Gasteiger charge is -2.00. The first kappa shape index (κ1) is 13.5. The van der Waals surface area contributed by atoms with Crippen LogP contribution in [0.4, 0.5) is 0 Å². The first-order valence-corrected chi connectivity index (χ1v) is 6.61. The van der Waals surface area contributed by atoms with Gasteiger partial charge in [0, 0.05) is 10.5 Å². The van der Waals surface area contributed by atoms with Crippen molar-refractivity contribution >= 4 is 17.7 Å². The molecule has 0 aliphatic rings. The van der Waals surface area contributed by atoms with Gasteiger partial charge in [0.05, 0.1) is 5.75 Å². The predicted octanol–water partition coefficient (Wildman–Crippen LogP) is 2.19. The van der Waals surface area contributed by atoms with Gasteiger partial charge in [0.15, 0.2) is 5.76 Å². The number of carbonyl (C=O) groups excluding carboxylic acids is 1. The number of benzene rings is 1. The summed E-state index contributed by atoms with van der Waals surface area (Å²) in [7, 11) is 0. The highest BCUT2D eigenvalue weighted by Gasteiger charge is 2.14. The lowest BCUT2D eigenvalue weighted by molar-refractivity contribution is 0.0923. The van der Waals surface area contributed by atoms with Crippen molar-refractivity contribution in [3.63, 3.8) is 0 Å². The number of nitrogens with one attached hydrogen (secondary N) is 1. The molecule has 1 aromatic heterocycles. The Hall–Kier alpha value is -1.92. The number of nitrogens with two attached hydrogens (primary N) is 1. The Balaban J connectivity index is 2.06. The Labute approximate surface area is 114 Å². The van der Waals surface area contributed by atoms with Crippen LogP contribution < -0.4 is 11.3 Å². The van der Waals surface area contributed by atoms with Gasteiger partial charge in [0.25, 0.3) is 0 Å². The summed E-state index contributed by atoms with van der Waals surface area (Å²) in [6.07, 6.45) is 0. The highest BCUT2D eigenvalue weighted by molar-refractivity contribution is 7.98. The molecule has 19 heavy (non-hydrogen) atoms. The minimum absolute atomic E-state index is 0.226. The van der Waals surface area contributed by atoms with Crippen molar-refractivity contribution in [1.82, 2.24) is 5.43 Å². The number of hydrazine groups is 1. The summed E-state index contributed by atoms with van der Waals surface area (Å²) in [4.78, 5) is 12.3. The maximum absolute atomic E-state index is 11.4. The molecule has 1 aromatic carbocycles. The largest absolute Gasteiger partial charge is 0.508 e. The fourth-order valence-electron chi connectivity index (χ4n) is 1.64. The topological polar surface area (TPSA) is 88.5 Å². The summed E-state index contributed by atoms with van der Waals surface area (Å²) in [6.45, 7) is 1.79. The van der Waals surface area contributed by atoms with E-state index in [4.69, 9.17) is 10.3 Å². The molecule has 0 saturated heterocycles. The van der Waals surface area contributed by atoms with Crippen LogP contribution in [-0.2, 0) is 5.75 Å². The summed E-state index contributed by atoms with van der Waals surface area (Å²) in [5.74, 6) is 6.35. The summed E-state index contributed by atoms with van der Waals surface area (Å²) in [6, 6.07) is 8.77. The second kappa shape index (κ2) is 5.81. The number of furan rings is 1. The number of amides is 1. The number of phenolic OH excluding ortho intramolecular Hbond substituents is 1. The third-order valence-corrected chi connectivity index (χ3v) is 3.52. The van der Waals surface area contributed by atoms with Gasteiger partial charge in [-0.15, -0.1) is 11.8 Å². The van der Waals surface area contributed by atoms with Gasteiger partial charge in [-0.05, 0) is 31.2 Å². The van der Waals surface area contributed by atoms with Gasteiger partial charge in [-0.2, -0.15) is 0 Å². The summed E-state index contributed by atoms with van der Waals surface area (Å²) in [5, 5.41) is 9.36. The van der Waals surface area contributed by atoms with Crippen LogP contribution in [0.2, 0.25) is 0 Å². The highest BCUT2D eigenvalue weighted by Crippen LogP contribution is 2.27. The van der Waals surface area contributed by atoms with Crippen LogP contribution in [0.25, 0.3) is 0 Å². The number of nitrogen functional groups attached to an aromatic ring is 1. The lowest BCUT2D eigenvalue weighted by Crippen LogP contribution is -2.30. The van der Waals surface area contributed by atoms with E-state index in [-0.39, 0.29) is 11.5 Å². The van der Waals surface area contributed by atoms with Gasteiger partial charge in [-0.3, -0.25) is 10.2 Å². The van der Waals surface area contributed by atoms with Gasteiger partial charge < -0.3 is 9.52 Å². The molecular weight excluding hydrogens is 264 g/mol. The molecule has 0 radical (unpaired) electrons. The first-order valence-electron chi connectivity index (χ1n) is 5.62. The Bertz CT molecular complexity index is 595. The maximum atomic E-state index is 11.4. The van der Waals surface area contributed by atoms with E-state index in [0.29, 0.717) is 11.5 Å². The van der Waals surface area contributed by atoms with E-state index in [1.54, 1.807) is 31.2 Å². The lowest BCUT2D eigenvalue weighted by atomic mass is 10.2. The zero-order valence-electron chi connectivity index (χ0n) is 10.3. The van der Waals surface area contributed by atoms with E-state index in [1.165, 1.54) is 11.8 Å². The van der Waals surface area contributed by atoms with Crippen molar-refractivity contribution in [3.05, 3.63) is 47.4 Å². The van der Waals surface area contributed by atoms with Crippen LogP contribution in [0.5, 0.6) is 5.75 Å². The summed E-state index contributed by atoms with van der Waals surface area (Å²) in [5.41, 5.74) is 2.79. The van der Waals surface area contributed by atoms with Crippen molar-refractivity contribution in [2.24, 2.45) is 5.84 Å². The Morgan fingerprint density at radius 2 is 2.26 bits per heavy atom. The monoisotopic (exact) mass is 278 g/mol. The third-order valence-electron chi connectivity index (χ3n) is 2.50. The SMILES string of the molecule is Cc1cc(CSc2cccc(O)c2)oc1C(=O)NN. The van der Waals surface area contributed by atoms with E-state index < -0.39 is 5.91 Å². The molecule has 0 aliphatic carbocycles. The molecule has 5 nitrogen and oxygen atoms in total. The van der Waals surface area contributed by atoms with Gasteiger partial charge in [-0.25, -0.2) is 5.84 Å². The molecule has 0 aliphatic heterocycles. The quantitative estimate of drug-likeness (QED) is 0.345. The summed E-state index contributed by atoms with van der Waals surface area (Å²) < 4.78 is 5.44.